The van der Waals surface area contributed by atoms with Crippen molar-refractivity contribution in [3.8, 4) is 0 Å². The fourth-order valence-corrected chi connectivity index (χ4v) is 2.22. The van der Waals surface area contributed by atoms with Gasteiger partial charge in [-0.2, -0.15) is 0 Å². The molecule has 0 saturated heterocycles. The predicted octanol–water partition coefficient (Wildman–Crippen LogP) is 2.37. The Hall–Kier alpha value is -2.18. The van der Waals surface area contributed by atoms with E-state index in [4.69, 9.17) is 10.8 Å². The van der Waals surface area contributed by atoms with Crippen molar-refractivity contribution in [1.29, 1.82) is 0 Å². The minimum absolute atomic E-state index is 0. The van der Waals surface area contributed by atoms with Crippen LogP contribution in [0.2, 0.25) is 0 Å². The first-order valence-corrected chi connectivity index (χ1v) is 6.12. The third-order valence-corrected chi connectivity index (χ3v) is 3.29. The number of carboxylic acids is 1. The molecule has 0 radical (unpaired) electrons. The predicted molar refractivity (Wildman–Crippen MR) is 81.7 cm³/mol. The van der Waals surface area contributed by atoms with Gasteiger partial charge < -0.3 is 10.8 Å². The zero-order valence-corrected chi connectivity index (χ0v) is 11.9. The SMILES string of the molecule is Cl.NC[C@@H](Cc1ccc([N+](=O)[O-])c2ccccc12)C(=O)O. The summed E-state index contributed by atoms with van der Waals surface area (Å²) in [6.45, 7) is 0.0284. The van der Waals surface area contributed by atoms with Gasteiger partial charge in [-0.15, -0.1) is 12.4 Å². The molecular formula is C14H15ClN2O4. The number of halogens is 1. The third-order valence-electron chi connectivity index (χ3n) is 3.29. The molecule has 0 aliphatic carbocycles. The highest BCUT2D eigenvalue weighted by atomic mass is 35.5. The van der Waals surface area contributed by atoms with Crippen LogP contribution in [0.15, 0.2) is 36.4 Å². The number of carboxylic acid groups (broad SMARTS) is 1. The largest absolute Gasteiger partial charge is 0.481 e. The van der Waals surface area contributed by atoms with Crippen molar-refractivity contribution in [3.05, 3.63) is 52.1 Å². The van der Waals surface area contributed by atoms with Gasteiger partial charge in [0.05, 0.1) is 16.2 Å². The summed E-state index contributed by atoms with van der Waals surface area (Å²) in [5.74, 6) is -1.66. The average molecular weight is 311 g/mol. The summed E-state index contributed by atoms with van der Waals surface area (Å²) in [5, 5.41) is 21.3. The Morgan fingerprint density at radius 3 is 2.38 bits per heavy atom. The summed E-state index contributed by atoms with van der Waals surface area (Å²) < 4.78 is 0. The molecule has 1 atom stereocenters. The zero-order chi connectivity index (χ0) is 14.7. The molecule has 0 saturated carbocycles. The minimum Gasteiger partial charge on any atom is -0.481 e. The highest BCUT2D eigenvalue weighted by molar-refractivity contribution is 5.93. The second-order valence-corrected chi connectivity index (χ2v) is 4.52. The number of carbonyl (C=O) groups is 1. The quantitative estimate of drug-likeness (QED) is 0.651. The van der Waals surface area contributed by atoms with Crippen LogP contribution in [0.5, 0.6) is 0 Å². The van der Waals surface area contributed by atoms with E-state index < -0.39 is 16.8 Å². The number of rotatable bonds is 5. The van der Waals surface area contributed by atoms with E-state index in [-0.39, 0.29) is 31.1 Å². The molecule has 3 N–H and O–H groups in total. The fourth-order valence-electron chi connectivity index (χ4n) is 2.22. The molecule has 0 aliphatic rings. The number of fused-ring (bicyclic) bond motifs is 1. The van der Waals surface area contributed by atoms with E-state index in [1.165, 1.54) is 6.07 Å². The second-order valence-electron chi connectivity index (χ2n) is 4.52. The van der Waals surface area contributed by atoms with Crippen molar-refractivity contribution in [2.45, 2.75) is 6.42 Å². The van der Waals surface area contributed by atoms with Crippen molar-refractivity contribution in [2.24, 2.45) is 11.7 Å². The molecule has 0 unspecified atom stereocenters. The molecule has 2 aromatic rings. The monoisotopic (exact) mass is 310 g/mol. The molecular weight excluding hydrogens is 296 g/mol. The van der Waals surface area contributed by atoms with Crippen LogP contribution in [0, 0.1) is 16.0 Å². The Balaban J connectivity index is 0.00000220. The van der Waals surface area contributed by atoms with E-state index in [9.17, 15) is 14.9 Å². The van der Waals surface area contributed by atoms with Gasteiger partial charge in [-0.25, -0.2) is 0 Å². The second kappa shape index (κ2) is 7.01. The lowest BCUT2D eigenvalue weighted by molar-refractivity contribution is -0.383. The lowest BCUT2D eigenvalue weighted by Gasteiger charge is -2.12. The topological polar surface area (TPSA) is 106 Å². The number of hydrogen-bond donors (Lipinski definition) is 2. The molecule has 7 heteroatoms. The van der Waals surface area contributed by atoms with Crippen LogP contribution in [-0.4, -0.2) is 22.5 Å². The Bertz CT molecular complexity index is 675. The van der Waals surface area contributed by atoms with Crippen molar-refractivity contribution in [3.63, 3.8) is 0 Å². The Morgan fingerprint density at radius 2 is 1.86 bits per heavy atom. The van der Waals surface area contributed by atoms with Crippen LogP contribution < -0.4 is 5.73 Å². The molecule has 0 amide bonds. The number of hydrogen-bond acceptors (Lipinski definition) is 4. The molecule has 0 heterocycles. The summed E-state index contributed by atoms with van der Waals surface area (Å²) in [5.41, 5.74) is 6.23. The van der Waals surface area contributed by atoms with Crippen LogP contribution >= 0.6 is 12.4 Å². The zero-order valence-electron chi connectivity index (χ0n) is 11.1. The lowest BCUT2D eigenvalue weighted by atomic mass is 9.94. The lowest BCUT2D eigenvalue weighted by Crippen LogP contribution is -2.25. The normalized spacial score (nSPS) is 11.7. The van der Waals surface area contributed by atoms with Crippen LogP contribution in [0.3, 0.4) is 0 Å². The van der Waals surface area contributed by atoms with E-state index in [0.29, 0.717) is 10.8 Å². The number of nitrogens with zero attached hydrogens (tertiary/aromatic N) is 1. The average Bonchev–Trinajstić information content (AvgIpc) is 2.43. The highest BCUT2D eigenvalue weighted by Gasteiger charge is 2.19. The molecule has 0 aliphatic heterocycles. The summed E-state index contributed by atoms with van der Waals surface area (Å²) in [6, 6.07) is 9.92. The Kier molecular flexibility index (Phi) is 5.63. The number of nitro benzene ring substituents is 1. The van der Waals surface area contributed by atoms with E-state index >= 15 is 0 Å². The van der Waals surface area contributed by atoms with Gasteiger partial charge in [0.15, 0.2) is 0 Å². The summed E-state index contributed by atoms with van der Waals surface area (Å²) in [6.07, 6.45) is 0.254. The highest BCUT2D eigenvalue weighted by Crippen LogP contribution is 2.29. The van der Waals surface area contributed by atoms with Crippen LogP contribution in [-0.2, 0) is 11.2 Å². The molecule has 112 valence electrons. The molecule has 0 fully saturated rings. The van der Waals surface area contributed by atoms with Crippen molar-refractivity contribution in [1.82, 2.24) is 0 Å². The van der Waals surface area contributed by atoms with Gasteiger partial charge in [-0.05, 0) is 23.4 Å². The van der Waals surface area contributed by atoms with Crippen LogP contribution in [0.4, 0.5) is 5.69 Å². The van der Waals surface area contributed by atoms with Gasteiger partial charge in [0, 0.05) is 12.6 Å². The van der Waals surface area contributed by atoms with Gasteiger partial charge in [0.25, 0.3) is 5.69 Å². The molecule has 0 aromatic heterocycles. The summed E-state index contributed by atoms with van der Waals surface area (Å²) >= 11 is 0. The van der Waals surface area contributed by atoms with Gasteiger partial charge in [0.2, 0.25) is 0 Å². The van der Waals surface area contributed by atoms with Gasteiger partial charge >= 0.3 is 5.97 Å². The number of nitro groups is 1. The van der Waals surface area contributed by atoms with Crippen molar-refractivity contribution >= 4 is 34.8 Å². The minimum atomic E-state index is -0.963. The first-order valence-electron chi connectivity index (χ1n) is 6.12. The molecule has 21 heavy (non-hydrogen) atoms. The molecule has 0 spiro atoms. The number of nitrogens with two attached hydrogens (primary N) is 1. The molecule has 6 nitrogen and oxygen atoms in total. The standard InChI is InChI=1S/C14H14N2O4.ClH/c15-8-10(14(17)18)7-9-5-6-13(16(19)20)12-4-2-1-3-11(9)12;/h1-6,10H,7-8,15H2,(H,17,18);1H/t10-;/m1./s1. The van der Waals surface area contributed by atoms with Crippen molar-refractivity contribution < 1.29 is 14.8 Å². The van der Waals surface area contributed by atoms with E-state index in [1.54, 1.807) is 30.3 Å². The third kappa shape index (κ3) is 3.48. The van der Waals surface area contributed by atoms with E-state index in [1.807, 2.05) is 0 Å². The molecule has 2 rings (SSSR count). The fraction of sp³-hybridized carbons (Fsp3) is 0.214. The number of benzene rings is 2. The maximum absolute atomic E-state index is 11.1. The van der Waals surface area contributed by atoms with E-state index in [2.05, 4.69) is 0 Å². The number of aliphatic carboxylic acids is 1. The maximum atomic E-state index is 11.1. The molecule has 0 bridgehead atoms. The summed E-state index contributed by atoms with van der Waals surface area (Å²) in [7, 11) is 0. The first kappa shape index (κ1) is 16.9. The Labute approximate surface area is 127 Å². The van der Waals surface area contributed by atoms with Gasteiger partial charge in [-0.3, -0.25) is 14.9 Å². The van der Waals surface area contributed by atoms with E-state index in [0.717, 1.165) is 5.56 Å². The van der Waals surface area contributed by atoms with Crippen LogP contribution in [0.1, 0.15) is 5.56 Å². The van der Waals surface area contributed by atoms with Gasteiger partial charge in [-0.1, -0.05) is 24.3 Å². The molecule has 2 aromatic carbocycles. The maximum Gasteiger partial charge on any atom is 0.308 e. The summed E-state index contributed by atoms with van der Waals surface area (Å²) in [4.78, 5) is 21.6. The Morgan fingerprint density at radius 1 is 1.24 bits per heavy atom. The first-order chi connectivity index (χ1) is 9.54. The smallest absolute Gasteiger partial charge is 0.308 e. The number of non-ortho nitro benzene ring substituents is 1. The van der Waals surface area contributed by atoms with Crippen molar-refractivity contribution in [2.75, 3.05) is 6.54 Å². The van der Waals surface area contributed by atoms with Crippen LogP contribution in [0.25, 0.3) is 10.8 Å². The van der Waals surface area contributed by atoms with Gasteiger partial charge in [0.1, 0.15) is 0 Å².